The Morgan fingerprint density at radius 1 is 1.50 bits per heavy atom. The van der Waals surface area contributed by atoms with Crippen LogP contribution in [0.5, 0.6) is 0 Å². The molecule has 0 aromatic rings. The second-order valence-corrected chi connectivity index (χ2v) is 0.192. The molecule has 0 saturated carbocycles. The number of hydrogen-bond donors (Lipinski definition) is 3. The molecule has 0 aromatic carbocycles. The Bertz CT molecular complexity index is 18.3. The molecular formula is CH9CaN3Pb+6. The summed E-state index contributed by atoms with van der Waals surface area (Å²) < 4.78 is 0. The van der Waals surface area contributed by atoms with Crippen LogP contribution in [-0.4, -0.2) is 71.4 Å². The largest absolute Gasteiger partial charge is 2.00 e. The molecule has 0 amide bonds. The maximum absolute atomic E-state index is 4.50. The molecule has 5 heteroatoms. The van der Waals surface area contributed by atoms with Gasteiger partial charge in [0.25, 0.3) is 0 Å². The predicted octanol–water partition coefficient (Wildman–Crippen LogP) is -2.65. The Balaban J connectivity index is -0.00000000667. The topological polar surface area (TPSA) is 88.1 Å². The molecule has 0 atom stereocenters. The minimum Gasteiger partial charge on any atom is -0.369 e. The fourth-order valence-electron chi connectivity index (χ4n) is 0. The number of nitrogens with two attached hydrogens (primary N) is 2. The van der Waals surface area contributed by atoms with Crippen molar-refractivity contribution in [3.8, 4) is 0 Å². The van der Waals surface area contributed by atoms with E-state index in [9.17, 15) is 0 Å². The molecule has 2 radical (unpaired) electrons. The van der Waals surface area contributed by atoms with Gasteiger partial charge in [0.2, 0.25) is 6.34 Å². The van der Waals surface area contributed by atoms with E-state index in [1.54, 1.807) is 0 Å². The van der Waals surface area contributed by atoms with Crippen molar-refractivity contribution in [2.24, 2.45) is 5.73 Å². The van der Waals surface area contributed by atoms with Gasteiger partial charge in [-0.2, -0.15) is 0 Å². The van der Waals surface area contributed by atoms with Crippen LogP contribution in [-0.2, 0) is 0 Å². The molecule has 0 rings (SSSR count). The smallest absolute Gasteiger partial charge is 0.369 e. The molecule has 0 spiro atoms. The van der Waals surface area contributed by atoms with Crippen LogP contribution in [0.4, 0.5) is 0 Å². The van der Waals surface area contributed by atoms with Crippen molar-refractivity contribution in [3.63, 3.8) is 0 Å². The first-order valence-electron chi connectivity index (χ1n) is 0.667. The maximum atomic E-state index is 4.50. The van der Waals surface area contributed by atoms with Gasteiger partial charge in [-0.25, -0.2) is 0 Å². The van der Waals surface area contributed by atoms with Crippen LogP contribution in [0.1, 0.15) is 0 Å². The van der Waals surface area contributed by atoms with Crippen LogP contribution >= 0.6 is 0 Å². The first-order chi connectivity index (χ1) is 1.41. The van der Waals surface area contributed by atoms with Crippen LogP contribution in [0.2, 0.25) is 0 Å². The number of hydrogen-bond acceptors (Lipinski definition) is 0. The summed E-state index contributed by atoms with van der Waals surface area (Å²) in [6, 6.07) is 0. The van der Waals surface area contributed by atoms with E-state index < -0.39 is 0 Å². The van der Waals surface area contributed by atoms with E-state index in [-0.39, 0.29) is 71.2 Å². The molecule has 3 nitrogen and oxygen atoms in total. The van der Waals surface area contributed by atoms with Gasteiger partial charge < -0.3 is 6.15 Å². The third kappa shape index (κ3) is 45.9. The minimum atomic E-state index is 0. The molecule has 8 N–H and O–H groups in total. The van der Waals surface area contributed by atoms with E-state index in [1.807, 2.05) is 0 Å². The summed E-state index contributed by atoms with van der Waals surface area (Å²) in [6.45, 7) is 0. The summed E-state index contributed by atoms with van der Waals surface area (Å²) in [7, 11) is 0. The molecule has 0 unspecified atom stereocenters. The average molecular weight is 310 g/mol. The molecule has 6 heavy (non-hydrogen) atoms. The van der Waals surface area contributed by atoms with Crippen molar-refractivity contribution in [1.29, 1.82) is 0 Å². The normalized spacial score (nSPS) is 2.00. The van der Waals surface area contributed by atoms with Crippen LogP contribution in [0.15, 0.2) is 0 Å². The standard InChI is InChI=1S/CH4N2.Ca.H3N.Pb/c2-1-3;;;/h1H,(H3,2,3);;1H3;/q;+2;;+2/p+2. The maximum Gasteiger partial charge on any atom is 2.00 e. The molecule has 0 aliphatic heterocycles. The molecule has 0 bridgehead atoms. The first kappa shape index (κ1) is 25.5. The van der Waals surface area contributed by atoms with E-state index in [1.165, 1.54) is 0 Å². The summed E-state index contributed by atoms with van der Waals surface area (Å²) in [4.78, 5) is 0. The van der Waals surface area contributed by atoms with Gasteiger partial charge in [0.05, 0.1) is 0 Å². The minimum absolute atomic E-state index is 0. The molecule has 0 saturated heterocycles. The van der Waals surface area contributed by atoms with Gasteiger partial charge in [0.15, 0.2) is 0 Å². The molecule has 0 fully saturated rings. The Morgan fingerprint density at radius 3 is 1.50 bits per heavy atom. The Morgan fingerprint density at radius 2 is 1.50 bits per heavy atom. The first-order valence-corrected chi connectivity index (χ1v) is 0.667. The molecule has 28 valence electrons. The van der Waals surface area contributed by atoms with Gasteiger partial charge in [-0.15, -0.1) is 0 Å². The van der Waals surface area contributed by atoms with Crippen molar-refractivity contribution in [3.05, 3.63) is 0 Å². The zero-order chi connectivity index (χ0) is 2.71. The van der Waals surface area contributed by atoms with Gasteiger partial charge in [0.1, 0.15) is 0 Å². The SMILES string of the molecule is NC=[NH2+].[Ca+2].[NH4+].[Pb+2]. The van der Waals surface area contributed by atoms with Crippen LogP contribution in [0.3, 0.4) is 0 Å². The Labute approximate surface area is 87.3 Å². The number of quaternary nitrogens is 1. The average Bonchev–Trinajstić information content (AvgIpc) is 0.918. The van der Waals surface area contributed by atoms with E-state index >= 15 is 0 Å². The monoisotopic (exact) mass is 311 g/mol. The van der Waals surface area contributed by atoms with Gasteiger partial charge in [-0.1, -0.05) is 0 Å². The third-order valence-electron chi connectivity index (χ3n) is 0. The Kier molecular flexibility index (Phi) is 130. The van der Waals surface area contributed by atoms with Gasteiger partial charge in [-0.05, 0) is 0 Å². The zero-order valence-corrected chi connectivity index (χ0v) is 10.0. The van der Waals surface area contributed by atoms with E-state index in [0.29, 0.717) is 0 Å². The van der Waals surface area contributed by atoms with Crippen molar-refractivity contribution in [2.75, 3.05) is 0 Å². The molecule has 0 heterocycles. The fourth-order valence-corrected chi connectivity index (χ4v) is 0. The second-order valence-electron chi connectivity index (χ2n) is 0.192. The van der Waals surface area contributed by atoms with Gasteiger partial charge in [0, 0.05) is 0 Å². The number of rotatable bonds is 0. The van der Waals surface area contributed by atoms with E-state index in [2.05, 4.69) is 11.1 Å². The van der Waals surface area contributed by atoms with Crippen LogP contribution in [0, 0.1) is 0 Å². The summed E-state index contributed by atoms with van der Waals surface area (Å²) in [6.07, 6.45) is 1.00. The van der Waals surface area contributed by atoms with Crippen molar-refractivity contribution < 1.29 is 5.41 Å². The predicted molar refractivity (Wildman–Crippen MR) is 29.7 cm³/mol. The van der Waals surface area contributed by atoms with Crippen molar-refractivity contribution >= 4 is 71.4 Å². The van der Waals surface area contributed by atoms with Crippen LogP contribution in [0.25, 0.3) is 0 Å². The molecule has 0 aliphatic rings. The summed E-state index contributed by atoms with van der Waals surface area (Å²) in [5.41, 5.74) is 4.50. The van der Waals surface area contributed by atoms with Gasteiger partial charge >= 0.3 is 65.0 Å². The molecule has 0 aromatic heterocycles. The van der Waals surface area contributed by atoms with E-state index in [4.69, 9.17) is 0 Å². The summed E-state index contributed by atoms with van der Waals surface area (Å²) >= 11 is 0. The quantitative estimate of drug-likeness (QED) is 0.255. The third-order valence-corrected chi connectivity index (χ3v) is 0. The van der Waals surface area contributed by atoms with Crippen LogP contribution < -0.4 is 17.3 Å². The van der Waals surface area contributed by atoms with Crippen molar-refractivity contribution in [1.82, 2.24) is 6.15 Å². The fraction of sp³-hybridized carbons (Fsp3) is 0. The van der Waals surface area contributed by atoms with Crippen molar-refractivity contribution in [2.45, 2.75) is 0 Å². The van der Waals surface area contributed by atoms with Gasteiger partial charge in [-0.3, -0.25) is 11.1 Å². The summed E-state index contributed by atoms with van der Waals surface area (Å²) in [5.74, 6) is 0. The summed E-state index contributed by atoms with van der Waals surface area (Å²) in [5, 5.41) is 4.50. The Hall–Kier alpha value is 1.61. The van der Waals surface area contributed by atoms with E-state index in [0.717, 1.165) is 6.34 Å². The molecule has 0 aliphatic carbocycles. The molecular weight excluding hydrogens is 301 g/mol. The second kappa shape index (κ2) is 30.5. The zero-order valence-electron chi connectivity index (χ0n) is 3.94.